The second-order valence-corrected chi connectivity index (χ2v) is 12.3. The highest BCUT2D eigenvalue weighted by Crippen LogP contribution is 2.51. The molecule has 0 radical (unpaired) electrons. The summed E-state index contributed by atoms with van der Waals surface area (Å²) < 4.78 is 67.3. The molecule has 0 atom stereocenters. The van der Waals surface area contributed by atoms with Crippen molar-refractivity contribution in [1.82, 2.24) is 19.9 Å². The average molecular weight is 631 g/mol. The maximum Gasteiger partial charge on any atom is 0.421 e. The molecule has 0 spiro atoms. The molecule has 0 bridgehead atoms. The van der Waals surface area contributed by atoms with Gasteiger partial charge in [-0.05, 0) is 61.7 Å². The van der Waals surface area contributed by atoms with E-state index in [9.17, 15) is 22.8 Å². The van der Waals surface area contributed by atoms with Crippen LogP contribution >= 0.6 is 7.60 Å². The van der Waals surface area contributed by atoms with Crippen LogP contribution in [0.25, 0.3) is 16.3 Å². The Labute approximate surface area is 252 Å². The first kappa shape index (κ1) is 31.5. The molecule has 4 N–H and O–H groups in total. The first-order valence-corrected chi connectivity index (χ1v) is 15.9. The van der Waals surface area contributed by atoms with E-state index in [0.717, 1.165) is 24.1 Å². The van der Waals surface area contributed by atoms with E-state index >= 15 is 0 Å². The number of aromatic nitrogens is 3. The summed E-state index contributed by atoms with van der Waals surface area (Å²) >= 11 is 0. The minimum Gasteiger partial charge on any atom is -0.494 e. The summed E-state index contributed by atoms with van der Waals surface area (Å²) in [4.78, 5) is 8.07. The smallest absolute Gasteiger partial charge is 0.421 e. The fourth-order valence-corrected chi connectivity index (χ4v) is 6.82. The second-order valence-electron chi connectivity index (χ2n) is 10.2. The van der Waals surface area contributed by atoms with Crippen molar-refractivity contribution in [3.63, 3.8) is 0 Å². The Balaban J connectivity index is 1.45. The molecule has 1 aliphatic rings. The van der Waals surface area contributed by atoms with Crippen molar-refractivity contribution in [2.75, 3.05) is 36.9 Å². The third kappa shape index (κ3) is 6.91. The Morgan fingerprint density at radius 1 is 1.09 bits per heavy atom. The third-order valence-electron chi connectivity index (χ3n) is 7.12. The van der Waals surface area contributed by atoms with Gasteiger partial charge in [0, 0.05) is 37.1 Å². The van der Waals surface area contributed by atoms with Gasteiger partial charge in [-0.2, -0.15) is 18.2 Å². The van der Waals surface area contributed by atoms with Gasteiger partial charge in [-0.15, -0.1) is 0 Å². The van der Waals surface area contributed by atoms with Crippen molar-refractivity contribution in [2.24, 2.45) is 7.05 Å². The van der Waals surface area contributed by atoms with Gasteiger partial charge in [0.05, 0.1) is 30.4 Å². The lowest BCUT2D eigenvalue weighted by Gasteiger charge is -2.18. The van der Waals surface area contributed by atoms with Gasteiger partial charge in [0.2, 0.25) is 11.8 Å². The number of halogens is 3. The Morgan fingerprint density at radius 3 is 2.45 bits per heavy atom. The molecule has 44 heavy (non-hydrogen) atoms. The zero-order valence-corrected chi connectivity index (χ0v) is 25.4. The number of nitrogens with one attached hydrogen (secondary N) is 3. The molecule has 1 aliphatic heterocycles. The van der Waals surface area contributed by atoms with Crippen LogP contribution in [0, 0.1) is 0 Å². The van der Waals surface area contributed by atoms with Crippen molar-refractivity contribution < 1.29 is 31.9 Å². The van der Waals surface area contributed by atoms with E-state index in [1.165, 1.54) is 4.57 Å². The van der Waals surface area contributed by atoms with Crippen LogP contribution in [0.1, 0.15) is 37.0 Å². The van der Waals surface area contributed by atoms with Crippen LogP contribution in [0.5, 0.6) is 5.88 Å². The van der Waals surface area contributed by atoms with Crippen LogP contribution in [0.2, 0.25) is 0 Å². The SMILES string of the molecule is CCOP(=O)(Cc1ccc(Nc2ncc(C(F)(F)F)c(Nc3ccc(C4=CCNCC4)c4cn(C)c(O)c34)n2)cc1)OCC. The lowest BCUT2D eigenvalue weighted by atomic mass is 9.96. The predicted molar refractivity (Wildman–Crippen MR) is 165 cm³/mol. The van der Waals surface area contributed by atoms with Gasteiger partial charge < -0.3 is 34.7 Å². The molecular weight excluding hydrogens is 596 g/mol. The van der Waals surface area contributed by atoms with E-state index < -0.39 is 25.2 Å². The molecule has 0 amide bonds. The van der Waals surface area contributed by atoms with Crippen molar-refractivity contribution >= 4 is 47.1 Å². The number of benzene rings is 2. The minimum atomic E-state index is -4.74. The minimum absolute atomic E-state index is 0.0763. The number of nitrogens with zero attached hydrogens (tertiary/aromatic N) is 3. The van der Waals surface area contributed by atoms with Gasteiger partial charge in [-0.1, -0.05) is 24.3 Å². The van der Waals surface area contributed by atoms with Crippen molar-refractivity contribution in [3.05, 3.63) is 71.6 Å². The van der Waals surface area contributed by atoms with E-state index in [2.05, 4.69) is 32.0 Å². The molecule has 4 aromatic rings. The van der Waals surface area contributed by atoms with E-state index in [1.807, 2.05) is 6.07 Å². The number of anilines is 4. The molecule has 234 valence electrons. The molecule has 10 nitrogen and oxygen atoms in total. The maximum atomic E-state index is 14.1. The fourth-order valence-electron chi connectivity index (χ4n) is 5.12. The largest absolute Gasteiger partial charge is 0.494 e. The summed E-state index contributed by atoms with van der Waals surface area (Å²) in [7, 11) is -1.63. The van der Waals surface area contributed by atoms with Gasteiger partial charge >= 0.3 is 13.8 Å². The van der Waals surface area contributed by atoms with Crippen molar-refractivity contribution in [3.8, 4) is 5.88 Å². The van der Waals surface area contributed by atoms with Crippen molar-refractivity contribution in [1.29, 1.82) is 0 Å². The van der Waals surface area contributed by atoms with Crippen LogP contribution in [0.3, 0.4) is 0 Å². The highest BCUT2D eigenvalue weighted by Gasteiger charge is 2.36. The Kier molecular flexibility index (Phi) is 9.31. The summed E-state index contributed by atoms with van der Waals surface area (Å²) in [5, 5.41) is 21.0. The summed E-state index contributed by atoms with van der Waals surface area (Å²) in [6, 6.07) is 10.3. The zero-order valence-electron chi connectivity index (χ0n) is 24.5. The van der Waals surface area contributed by atoms with Crippen LogP contribution in [-0.2, 0) is 33.0 Å². The van der Waals surface area contributed by atoms with Gasteiger partial charge in [0.1, 0.15) is 11.4 Å². The average Bonchev–Trinajstić information content (AvgIpc) is 3.28. The normalized spacial score (nSPS) is 14.1. The standard InChI is InChI=1S/C30H34F3N6O4P/c1-4-42-44(41,43-5-2)18-19-6-8-21(9-7-19)36-29-35-16-24(30(31,32)33)27(38-29)37-25-11-10-22(20-12-14-34-15-13-20)23-17-39(3)28(40)26(23)25/h6-12,16-17,34,40H,4-5,13-15,18H2,1-3H3,(H2,35,36,37,38). The lowest BCUT2D eigenvalue weighted by molar-refractivity contribution is -0.137. The molecule has 0 aliphatic carbocycles. The van der Waals surface area contributed by atoms with Crippen molar-refractivity contribution in [2.45, 2.75) is 32.6 Å². The molecule has 0 fully saturated rings. The number of rotatable bonds is 11. The number of hydrogen-bond acceptors (Lipinski definition) is 9. The monoisotopic (exact) mass is 630 g/mol. The Hall–Kier alpha value is -3.90. The van der Waals surface area contributed by atoms with E-state index in [1.54, 1.807) is 57.4 Å². The quantitative estimate of drug-likeness (QED) is 0.126. The molecule has 0 unspecified atom stereocenters. The van der Waals surface area contributed by atoms with Crippen LogP contribution in [0.4, 0.5) is 36.3 Å². The van der Waals surface area contributed by atoms with Gasteiger partial charge in [-0.25, -0.2) is 4.98 Å². The number of alkyl halides is 3. The van der Waals surface area contributed by atoms with Crippen LogP contribution in [0.15, 0.2) is 54.9 Å². The second kappa shape index (κ2) is 13.0. The molecule has 14 heteroatoms. The lowest BCUT2D eigenvalue weighted by Crippen LogP contribution is -2.20. The molecule has 0 saturated heterocycles. The molecule has 2 aromatic heterocycles. The summed E-state index contributed by atoms with van der Waals surface area (Å²) in [6.07, 6.45) is 0.668. The number of hydrogen-bond donors (Lipinski definition) is 4. The van der Waals surface area contributed by atoms with Gasteiger partial charge in [-0.3, -0.25) is 4.57 Å². The van der Waals surface area contributed by atoms with E-state index in [0.29, 0.717) is 34.8 Å². The first-order chi connectivity index (χ1) is 21.0. The summed E-state index contributed by atoms with van der Waals surface area (Å²) in [5.41, 5.74) is 2.42. The predicted octanol–water partition coefficient (Wildman–Crippen LogP) is 7.32. The highest BCUT2D eigenvalue weighted by molar-refractivity contribution is 7.53. The molecule has 2 aromatic carbocycles. The van der Waals surface area contributed by atoms with Gasteiger partial charge in [0.15, 0.2) is 0 Å². The Morgan fingerprint density at radius 2 is 1.82 bits per heavy atom. The van der Waals surface area contributed by atoms with E-state index in [-0.39, 0.29) is 36.9 Å². The zero-order chi connectivity index (χ0) is 31.5. The maximum absolute atomic E-state index is 14.1. The number of fused-ring (bicyclic) bond motifs is 1. The number of aryl methyl sites for hydroxylation is 1. The molecular formula is C30H34F3N6O4P. The Bertz CT molecular complexity index is 1710. The molecule has 5 rings (SSSR count). The highest BCUT2D eigenvalue weighted by atomic mass is 31.2. The molecule has 0 saturated carbocycles. The molecule has 3 heterocycles. The van der Waals surface area contributed by atoms with Gasteiger partial charge in [0.25, 0.3) is 0 Å². The summed E-state index contributed by atoms with van der Waals surface area (Å²) in [6.45, 7) is 5.48. The first-order valence-electron chi connectivity index (χ1n) is 14.2. The summed E-state index contributed by atoms with van der Waals surface area (Å²) in [5.74, 6) is -0.634. The number of aromatic hydroxyl groups is 1. The topological polar surface area (TPSA) is 123 Å². The fraction of sp³-hybridized carbons (Fsp3) is 0.333. The third-order valence-corrected chi connectivity index (χ3v) is 9.18. The van der Waals surface area contributed by atoms with Crippen LogP contribution < -0.4 is 16.0 Å². The van der Waals surface area contributed by atoms with E-state index in [4.69, 9.17) is 9.05 Å². The van der Waals surface area contributed by atoms with Crippen LogP contribution in [-0.4, -0.2) is 45.9 Å².